The van der Waals surface area contributed by atoms with Crippen molar-refractivity contribution < 1.29 is 0 Å². The van der Waals surface area contributed by atoms with E-state index in [1.54, 1.807) is 10.9 Å². The first-order chi connectivity index (χ1) is 8.38. The Labute approximate surface area is 101 Å². The van der Waals surface area contributed by atoms with E-state index >= 15 is 0 Å². The number of nitriles is 1. The van der Waals surface area contributed by atoms with Crippen LogP contribution in [0.1, 0.15) is 24.6 Å². The Morgan fingerprint density at radius 2 is 2.18 bits per heavy atom. The smallest absolute Gasteiger partial charge is 0.215 e. The minimum Gasteiger partial charge on any atom is -0.245 e. The zero-order valence-corrected chi connectivity index (χ0v) is 9.50. The molecule has 0 atom stereocenters. The van der Waals surface area contributed by atoms with Crippen molar-refractivity contribution in [1.29, 1.82) is 5.26 Å². The highest BCUT2D eigenvalue weighted by Crippen LogP contribution is 2.37. The molecule has 0 aliphatic heterocycles. The number of aromatic nitrogens is 6. The molecular weight excluding hydrogens is 238 g/mol. The molecule has 1 aliphatic carbocycles. The van der Waals surface area contributed by atoms with Gasteiger partial charge in [-0.15, -0.1) is 5.10 Å². The molecule has 0 radical (unpaired) electrons. The van der Waals surface area contributed by atoms with Crippen LogP contribution in [0.5, 0.6) is 0 Å². The Balaban J connectivity index is 1.91. The van der Waals surface area contributed by atoms with Gasteiger partial charge in [0.25, 0.3) is 0 Å². The first kappa shape index (κ1) is 10.2. The van der Waals surface area contributed by atoms with Crippen LogP contribution in [0, 0.1) is 11.3 Å². The van der Waals surface area contributed by atoms with Crippen molar-refractivity contribution in [2.75, 3.05) is 0 Å². The largest absolute Gasteiger partial charge is 0.245 e. The van der Waals surface area contributed by atoms with Gasteiger partial charge in [-0.25, -0.2) is 14.6 Å². The Hall–Kier alpha value is -2.01. The maximum atomic E-state index is 8.91. The van der Waals surface area contributed by atoms with E-state index in [9.17, 15) is 0 Å². The molecule has 0 saturated heterocycles. The maximum Gasteiger partial charge on any atom is 0.215 e. The van der Waals surface area contributed by atoms with E-state index in [0.717, 1.165) is 12.8 Å². The summed E-state index contributed by atoms with van der Waals surface area (Å²) in [6.45, 7) is 0. The van der Waals surface area contributed by atoms with E-state index in [1.165, 1.54) is 18.0 Å². The first-order valence-electron chi connectivity index (χ1n) is 5.05. The van der Waals surface area contributed by atoms with Crippen LogP contribution in [-0.2, 0) is 0 Å². The van der Waals surface area contributed by atoms with Gasteiger partial charge in [0.15, 0.2) is 5.69 Å². The zero-order valence-electron chi connectivity index (χ0n) is 8.69. The summed E-state index contributed by atoms with van der Waals surface area (Å²) in [5.41, 5.74) is 0.294. The fraction of sp³-hybridized carbons (Fsp3) is 0.333. The molecule has 0 unspecified atom stereocenters. The summed E-state index contributed by atoms with van der Waals surface area (Å²) in [6.07, 6.45) is 5.25. The van der Waals surface area contributed by atoms with Gasteiger partial charge in [0, 0.05) is 12.4 Å². The minimum absolute atomic E-state index is 0.294. The number of hydrogen-bond donors (Lipinski definition) is 0. The molecule has 0 spiro atoms. The molecule has 0 bridgehead atoms. The molecule has 7 nitrogen and oxygen atoms in total. The van der Waals surface area contributed by atoms with Gasteiger partial charge < -0.3 is 0 Å². The molecule has 1 aliphatic rings. The average Bonchev–Trinajstić information content (AvgIpc) is 3.11. The van der Waals surface area contributed by atoms with Crippen molar-refractivity contribution >= 4 is 11.8 Å². The highest BCUT2D eigenvalue weighted by Gasteiger charge is 2.28. The van der Waals surface area contributed by atoms with Crippen molar-refractivity contribution in [3.05, 3.63) is 18.1 Å². The Morgan fingerprint density at radius 1 is 1.35 bits per heavy atom. The normalized spacial score (nSPS) is 14.5. The van der Waals surface area contributed by atoms with Gasteiger partial charge >= 0.3 is 0 Å². The minimum atomic E-state index is 0.294. The third-order valence-electron chi connectivity index (χ3n) is 2.31. The molecule has 84 valence electrons. The molecule has 1 saturated carbocycles. The third kappa shape index (κ3) is 1.97. The van der Waals surface area contributed by atoms with Gasteiger partial charge in [-0.2, -0.15) is 5.26 Å². The van der Waals surface area contributed by atoms with Crippen molar-refractivity contribution in [2.45, 2.75) is 29.1 Å². The lowest BCUT2D eigenvalue weighted by Gasteiger charge is -2.01. The van der Waals surface area contributed by atoms with Crippen LogP contribution in [0.15, 0.2) is 22.6 Å². The molecule has 2 heterocycles. The van der Waals surface area contributed by atoms with E-state index in [1.807, 2.05) is 6.07 Å². The van der Waals surface area contributed by atoms with E-state index in [0.29, 0.717) is 21.9 Å². The summed E-state index contributed by atoms with van der Waals surface area (Å²) in [4.78, 5) is 8.06. The SMILES string of the molecule is N#Cc1nccnc1Sc1nnnn1C1CC1. The van der Waals surface area contributed by atoms with E-state index in [2.05, 4.69) is 25.5 Å². The van der Waals surface area contributed by atoms with Crippen LogP contribution in [0.2, 0.25) is 0 Å². The lowest BCUT2D eigenvalue weighted by atomic mass is 10.5. The van der Waals surface area contributed by atoms with Gasteiger partial charge in [0.1, 0.15) is 11.1 Å². The summed E-state index contributed by atoms with van der Waals surface area (Å²) in [5.74, 6) is 0. The van der Waals surface area contributed by atoms with Gasteiger partial charge in [-0.3, -0.25) is 0 Å². The summed E-state index contributed by atoms with van der Waals surface area (Å²) in [7, 11) is 0. The van der Waals surface area contributed by atoms with Gasteiger partial charge in [0.05, 0.1) is 6.04 Å². The lowest BCUT2D eigenvalue weighted by Crippen LogP contribution is -1.99. The molecule has 0 amide bonds. The summed E-state index contributed by atoms with van der Waals surface area (Å²) in [5, 5.41) is 21.6. The fourth-order valence-electron chi connectivity index (χ4n) is 1.36. The van der Waals surface area contributed by atoms with Crippen molar-refractivity contribution in [3.63, 3.8) is 0 Å². The third-order valence-corrected chi connectivity index (χ3v) is 3.26. The van der Waals surface area contributed by atoms with Crippen LogP contribution in [0.4, 0.5) is 0 Å². The van der Waals surface area contributed by atoms with Crippen LogP contribution in [-0.4, -0.2) is 30.2 Å². The standard InChI is InChI=1S/C9H7N7S/c10-5-7-8(12-4-3-11-7)17-9-13-14-15-16(9)6-1-2-6/h3-4,6H,1-2H2. The van der Waals surface area contributed by atoms with Gasteiger partial charge in [-0.05, 0) is 35.0 Å². The Bertz CT molecular complexity index is 583. The van der Waals surface area contributed by atoms with Crippen LogP contribution in [0.25, 0.3) is 0 Å². The molecule has 2 aromatic rings. The molecule has 8 heteroatoms. The van der Waals surface area contributed by atoms with Crippen LogP contribution in [0.3, 0.4) is 0 Å². The molecule has 1 fully saturated rings. The van der Waals surface area contributed by atoms with E-state index in [4.69, 9.17) is 5.26 Å². The van der Waals surface area contributed by atoms with Crippen molar-refractivity contribution in [3.8, 4) is 6.07 Å². The predicted molar refractivity (Wildman–Crippen MR) is 57.0 cm³/mol. The molecule has 17 heavy (non-hydrogen) atoms. The van der Waals surface area contributed by atoms with Gasteiger partial charge in [0.2, 0.25) is 5.16 Å². The zero-order chi connectivity index (χ0) is 11.7. The molecule has 2 aromatic heterocycles. The second kappa shape index (κ2) is 4.10. The van der Waals surface area contributed by atoms with Crippen LogP contribution < -0.4 is 0 Å². The number of nitrogens with zero attached hydrogens (tertiary/aromatic N) is 7. The van der Waals surface area contributed by atoms with Crippen molar-refractivity contribution in [1.82, 2.24) is 30.2 Å². The number of hydrogen-bond acceptors (Lipinski definition) is 7. The van der Waals surface area contributed by atoms with Gasteiger partial charge in [-0.1, -0.05) is 0 Å². The average molecular weight is 245 g/mol. The topological polar surface area (TPSA) is 93.2 Å². The summed E-state index contributed by atoms with van der Waals surface area (Å²) in [6, 6.07) is 2.40. The molecule has 0 aromatic carbocycles. The highest BCUT2D eigenvalue weighted by atomic mass is 32.2. The lowest BCUT2D eigenvalue weighted by molar-refractivity contribution is 0.565. The fourth-order valence-corrected chi connectivity index (χ4v) is 2.20. The van der Waals surface area contributed by atoms with E-state index in [-0.39, 0.29) is 0 Å². The summed E-state index contributed by atoms with van der Waals surface area (Å²) >= 11 is 1.27. The van der Waals surface area contributed by atoms with Crippen molar-refractivity contribution in [2.24, 2.45) is 0 Å². The molecule has 0 N–H and O–H groups in total. The maximum absolute atomic E-state index is 8.91. The van der Waals surface area contributed by atoms with Crippen LogP contribution >= 0.6 is 11.8 Å². The molecule has 3 rings (SSSR count). The Kier molecular flexibility index (Phi) is 2.45. The second-order valence-electron chi connectivity index (χ2n) is 3.56. The Morgan fingerprint density at radius 3 is 2.94 bits per heavy atom. The predicted octanol–water partition coefficient (Wildman–Crippen LogP) is 0.821. The number of tetrazole rings is 1. The first-order valence-corrected chi connectivity index (χ1v) is 5.87. The monoisotopic (exact) mass is 245 g/mol. The number of rotatable bonds is 3. The van der Waals surface area contributed by atoms with E-state index < -0.39 is 0 Å². The highest BCUT2D eigenvalue weighted by molar-refractivity contribution is 7.99. The molecular formula is C9H7N7S. The second-order valence-corrected chi connectivity index (χ2v) is 4.52. The quantitative estimate of drug-likeness (QED) is 0.790. The summed E-state index contributed by atoms with van der Waals surface area (Å²) < 4.78 is 1.78.